The maximum atomic E-state index is 6.69. The van der Waals surface area contributed by atoms with Gasteiger partial charge in [0, 0.05) is 28.8 Å². The van der Waals surface area contributed by atoms with Gasteiger partial charge in [0.2, 0.25) is 0 Å². The van der Waals surface area contributed by atoms with Crippen LogP contribution in [0.1, 0.15) is 24.1 Å². The molecule has 1 aromatic carbocycles. The molecule has 0 radical (unpaired) electrons. The number of benzene rings is 1. The zero-order chi connectivity index (χ0) is 19.8. The van der Waals surface area contributed by atoms with Crippen molar-refractivity contribution in [2.45, 2.75) is 31.3 Å². The Morgan fingerprint density at radius 3 is 2.54 bits per heavy atom. The van der Waals surface area contributed by atoms with Crippen LogP contribution in [-0.4, -0.2) is 35.4 Å². The zero-order valence-corrected chi connectivity index (χ0v) is 17.9. The van der Waals surface area contributed by atoms with Gasteiger partial charge in [-0.1, -0.05) is 23.4 Å². The molecule has 4 rings (SSSR count). The molecule has 5 nitrogen and oxygen atoms in total. The number of ether oxygens (including phenoxy) is 2. The highest BCUT2D eigenvalue weighted by Crippen LogP contribution is 2.43. The summed E-state index contributed by atoms with van der Waals surface area (Å²) in [5.74, 6) is 1.98. The molecule has 2 heterocycles. The third-order valence-electron chi connectivity index (χ3n) is 5.12. The van der Waals surface area contributed by atoms with Crippen molar-refractivity contribution >= 4 is 34.3 Å². The van der Waals surface area contributed by atoms with Crippen LogP contribution in [0.3, 0.4) is 0 Å². The van der Waals surface area contributed by atoms with Crippen molar-refractivity contribution in [3.05, 3.63) is 34.6 Å². The molecule has 1 fully saturated rings. The van der Waals surface area contributed by atoms with E-state index in [4.69, 9.17) is 31.0 Å². The van der Waals surface area contributed by atoms with E-state index < -0.39 is 0 Å². The third-order valence-corrected chi connectivity index (χ3v) is 6.05. The summed E-state index contributed by atoms with van der Waals surface area (Å²) in [6, 6.07) is 3.81. The van der Waals surface area contributed by atoms with Gasteiger partial charge in [0.15, 0.2) is 5.16 Å². The molecule has 1 aliphatic rings. The molecule has 0 atom stereocenters. The Hall–Kier alpha value is -2.05. The number of thioether (sulfide) groups is 1. The number of hydrogen-bond donors (Lipinski definition) is 0. The van der Waals surface area contributed by atoms with E-state index in [1.165, 1.54) is 24.6 Å². The number of rotatable bonds is 6. The number of fused-ring (bicyclic) bond motifs is 1. The first-order valence-electron chi connectivity index (χ1n) is 9.17. The molecule has 1 aliphatic carbocycles. The van der Waals surface area contributed by atoms with Crippen LogP contribution in [0.15, 0.2) is 23.5 Å². The highest BCUT2D eigenvalue weighted by atomic mass is 35.5. The summed E-state index contributed by atoms with van der Waals surface area (Å²) in [5, 5.41) is 2.26. The molecule has 146 valence electrons. The number of aromatic nitrogens is 3. The second kappa shape index (κ2) is 7.76. The van der Waals surface area contributed by atoms with Crippen molar-refractivity contribution < 1.29 is 9.47 Å². The summed E-state index contributed by atoms with van der Waals surface area (Å²) < 4.78 is 11.0. The summed E-state index contributed by atoms with van der Waals surface area (Å²) in [6.07, 6.45) is 7.28. The van der Waals surface area contributed by atoms with Gasteiger partial charge in [-0.05, 0) is 44.4 Å². The van der Waals surface area contributed by atoms with Crippen LogP contribution in [0.25, 0.3) is 22.2 Å². The Bertz CT molecular complexity index is 1030. The molecule has 0 aliphatic heterocycles. The van der Waals surface area contributed by atoms with Gasteiger partial charge in [-0.15, -0.1) is 0 Å². The molecule has 0 N–H and O–H groups in total. The topological polar surface area (TPSA) is 57.1 Å². The van der Waals surface area contributed by atoms with Gasteiger partial charge in [-0.3, -0.25) is 4.98 Å². The number of nitrogens with zero attached hydrogens (tertiary/aromatic N) is 3. The van der Waals surface area contributed by atoms with Gasteiger partial charge in [0.1, 0.15) is 11.5 Å². The van der Waals surface area contributed by atoms with Gasteiger partial charge >= 0.3 is 0 Å². The predicted molar refractivity (Wildman–Crippen MR) is 114 cm³/mol. The van der Waals surface area contributed by atoms with Gasteiger partial charge in [0.25, 0.3) is 0 Å². The lowest BCUT2D eigenvalue weighted by atomic mass is 10.0. The first kappa shape index (κ1) is 19.3. The maximum absolute atomic E-state index is 6.69. The minimum Gasteiger partial charge on any atom is -0.496 e. The Morgan fingerprint density at radius 1 is 1.14 bits per heavy atom. The first-order valence-corrected chi connectivity index (χ1v) is 10.8. The molecule has 0 saturated heterocycles. The van der Waals surface area contributed by atoms with Crippen molar-refractivity contribution in [3.8, 4) is 22.8 Å². The molecule has 28 heavy (non-hydrogen) atoms. The average molecular weight is 416 g/mol. The van der Waals surface area contributed by atoms with Crippen molar-refractivity contribution in [3.63, 3.8) is 0 Å². The molecule has 0 unspecified atom stereocenters. The zero-order valence-electron chi connectivity index (χ0n) is 16.4. The smallest absolute Gasteiger partial charge is 0.187 e. The number of halogens is 1. The number of hydrogen-bond acceptors (Lipinski definition) is 6. The van der Waals surface area contributed by atoms with Gasteiger partial charge < -0.3 is 9.47 Å². The molecular weight excluding hydrogens is 394 g/mol. The molecule has 1 saturated carbocycles. The standard InChI is InChI=1S/C21H22ClN3O2S/c1-11-16(26-2)9-17(27-3)19(22)18(11)14-8-13-10-23-21(28-4)25-20(13)15(24-14)7-12-5-6-12/h8-10,12H,5-7H2,1-4H3. The highest BCUT2D eigenvalue weighted by molar-refractivity contribution is 7.98. The Balaban J connectivity index is 1.96. The van der Waals surface area contributed by atoms with Gasteiger partial charge in [0.05, 0.1) is 36.1 Å². The third kappa shape index (κ3) is 3.51. The number of methoxy groups -OCH3 is 2. The first-order chi connectivity index (χ1) is 13.5. The van der Waals surface area contributed by atoms with Crippen molar-refractivity contribution in [2.24, 2.45) is 5.92 Å². The van der Waals surface area contributed by atoms with Crippen LogP contribution in [0.4, 0.5) is 0 Å². The molecule has 0 bridgehead atoms. The highest BCUT2D eigenvalue weighted by Gasteiger charge is 2.25. The van der Waals surface area contributed by atoms with E-state index in [0.29, 0.717) is 16.7 Å². The van der Waals surface area contributed by atoms with Crippen molar-refractivity contribution in [1.82, 2.24) is 15.0 Å². The lowest BCUT2D eigenvalue weighted by molar-refractivity contribution is 0.393. The van der Waals surface area contributed by atoms with E-state index in [1.807, 2.05) is 25.4 Å². The SMILES string of the molecule is COc1cc(OC)c(Cl)c(-c2cc3cnc(SC)nc3c(CC3CC3)n2)c1C. The average Bonchev–Trinajstić information content (AvgIpc) is 3.52. The van der Waals surface area contributed by atoms with Crippen LogP contribution >= 0.6 is 23.4 Å². The Labute approximate surface area is 173 Å². The maximum Gasteiger partial charge on any atom is 0.187 e. The van der Waals surface area contributed by atoms with E-state index in [2.05, 4.69) is 4.98 Å². The molecule has 0 amide bonds. The van der Waals surface area contributed by atoms with Crippen molar-refractivity contribution in [2.75, 3.05) is 20.5 Å². The van der Waals surface area contributed by atoms with Gasteiger partial charge in [-0.25, -0.2) is 9.97 Å². The number of pyridine rings is 1. The van der Waals surface area contributed by atoms with Crippen LogP contribution in [0.5, 0.6) is 11.5 Å². The van der Waals surface area contributed by atoms with E-state index in [0.717, 1.165) is 50.7 Å². The Morgan fingerprint density at radius 2 is 1.89 bits per heavy atom. The predicted octanol–water partition coefficient (Wildman–Crippen LogP) is 5.35. The fourth-order valence-corrected chi connectivity index (χ4v) is 4.13. The largest absolute Gasteiger partial charge is 0.496 e. The van der Waals surface area contributed by atoms with Crippen LogP contribution < -0.4 is 9.47 Å². The summed E-state index contributed by atoms with van der Waals surface area (Å²) in [5.41, 5.74) is 4.48. The lowest BCUT2D eigenvalue weighted by Gasteiger charge is -2.17. The molecule has 3 aromatic rings. The molecule has 0 spiro atoms. The normalized spacial score (nSPS) is 13.8. The summed E-state index contributed by atoms with van der Waals surface area (Å²) >= 11 is 8.23. The van der Waals surface area contributed by atoms with Crippen LogP contribution in [-0.2, 0) is 6.42 Å². The summed E-state index contributed by atoms with van der Waals surface area (Å²) in [6.45, 7) is 1.99. The second-order valence-corrected chi connectivity index (χ2v) is 8.14. The van der Waals surface area contributed by atoms with Crippen LogP contribution in [0, 0.1) is 12.8 Å². The summed E-state index contributed by atoms with van der Waals surface area (Å²) in [4.78, 5) is 14.2. The molecule has 7 heteroatoms. The van der Waals surface area contributed by atoms with Gasteiger partial charge in [-0.2, -0.15) is 0 Å². The molecule has 2 aromatic heterocycles. The minimum absolute atomic E-state index is 0.534. The second-order valence-electron chi connectivity index (χ2n) is 6.99. The summed E-state index contributed by atoms with van der Waals surface area (Å²) in [7, 11) is 3.24. The Kier molecular flexibility index (Phi) is 5.34. The lowest BCUT2D eigenvalue weighted by Crippen LogP contribution is -2.02. The quantitative estimate of drug-likeness (QED) is 0.399. The van der Waals surface area contributed by atoms with E-state index in [9.17, 15) is 0 Å². The fourth-order valence-electron chi connectivity index (χ4n) is 3.42. The molecular formula is C21H22ClN3O2S. The van der Waals surface area contributed by atoms with E-state index in [1.54, 1.807) is 20.3 Å². The minimum atomic E-state index is 0.534. The monoisotopic (exact) mass is 415 g/mol. The van der Waals surface area contributed by atoms with Crippen LogP contribution in [0.2, 0.25) is 5.02 Å². The van der Waals surface area contributed by atoms with E-state index >= 15 is 0 Å². The van der Waals surface area contributed by atoms with E-state index in [-0.39, 0.29) is 0 Å². The fraction of sp³-hybridized carbons (Fsp3) is 0.381. The van der Waals surface area contributed by atoms with Crippen molar-refractivity contribution in [1.29, 1.82) is 0 Å².